The number of phosphoric ester groups is 1. The van der Waals surface area contributed by atoms with Crippen molar-refractivity contribution in [3.63, 3.8) is 0 Å². The molecule has 5 heteroatoms. The third-order valence-corrected chi connectivity index (χ3v) is 4.28. The average Bonchev–Trinajstić information content (AvgIpc) is 2.53. The summed E-state index contributed by atoms with van der Waals surface area (Å²) in [6.07, 6.45) is -0.502. The Labute approximate surface area is 131 Å². The summed E-state index contributed by atoms with van der Waals surface area (Å²) in [6.45, 7) is 5.67. The monoisotopic (exact) mass is 319 g/mol. The lowest BCUT2D eigenvalue weighted by Crippen LogP contribution is -2.06. The Morgan fingerprint density at radius 3 is 1.68 bits per heavy atom. The summed E-state index contributed by atoms with van der Waals surface area (Å²) >= 11 is 0. The molecule has 0 saturated heterocycles. The van der Waals surface area contributed by atoms with Gasteiger partial charge in [0.2, 0.25) is 0 Å². The van der Waals surface area contributed by atoms with E-state index in [9.17, 15) is 4.57 Å². The van der Waals surface area contributed by atoms with Crippen LogP contribution in [-0.4, -0.2) is 6.10 Å². The number of benzene rings is 2. The molecule has 4 nitrogen and oxygen atoms in total. The van der Waals surface area contributed by atoms with Crippen molar-refractivity contribution in [1.29, 1.82) is 0 Å². The number of hydrogen-bond donors (Lipinski definition) is 0. The smallest absolute Gasteiger partial charge is 0.284 e. The highest BCUT2D eigenvalue weighted by molar-refractivity contribution is 7.48. The number of rotatable bonds is 8. The molecule has 22 heavy (non-hydrogen) atoms. The minimum atomic E-state index is -3.67. The Balaban J connectivity index is 1.98. The van der Waals surface area contributed by atoms with E-state index in [0.29, 0.717) is 0 Å². The highest BCUT2D eigenvalue weighted by Gasteiger charge is 2.28. The summed E-state index contributed by atoms with van der Waals surface area (Å²) in [5, 5.41) is 0. The summed E-state index contributed by atoms with van der Waals surface area (Å²) in [7, 11) is -3.67. The van der Waals surface area contributed by atoms with E-state index >= 15 is 0 Å². The van der Waals surface area contributed by atoms with Gasteiger partial charge < -0.3 is 0 Å². The lowest BCUT2D eigenvalue weighted by molar-refractivity contribution is 0.0889. The van der Waals surface area contributed by atoms with Crippen molar-refractivity contribution in [3.8, 4) is 0 Å². The second kappa shape index (κ2) is 8.25. The quantitative estimate of drug-likeness (QED) is 0.658. The first-order valence-corrected chi connectivity index (χ1v) is 8.52. The van der Waals surface area contributed by atoms with Crippen molar-refractivity contribution in [3.05, 3.63) is 78.7 Å². The molecule has 0 N–H and O–H groups in total. The zero-order chi connectivity index (χ0) is 15.8. The van der Waals surface area contributed by atoms with Crippen LogP contribution in [0.3, 0.4) is 0 Å². The first-order chi connectivity index (χ1) is 10.6. The van der Waals surface area contributed by atoms with Gasteiger partial charge in [-0.2, -0.15) is 0 Å². The van der Waals surface area contributed by atoms with Crippen LogP contribution >= 0.6 is 7.82 Å². The van der Waals surface area contributed by atoms with Gasteiger partial charge in [-0.05, 0) is 25.0 Å². The lowest BCUT2D eigenvalue weighted by Gasteiger charge is -2.20. The minimum Gasteiger partial charge on any atom is -0.284 e. The third-order valence-electron chi connectivity index (χ3n) is 2.77. The van der Waals surface area contributed by atoms with E-state index in [4.69, 9.17) is 13.6 Å². The van der Waals surface area contributed by atoms with Crippen LogP contribution in [0.5, 0.6) is 0 Å². The van der Waals surface area contributed by atoms with Gasteiger partial charge in [-0.3, -0.25) is 13.6 Å². The normalized spacial score (nSPS) is 11.8. The fourth-order valence-corrected chi connectivity index (χ4v) is 3.03. The highest BCUT2D eigenvalue weighted by Crippen LogP contribution is 2.51. The van der Waals surface area contributed by atoms with Crippen LogP contribution in [0.4, 0.5) is 0 Å². The van der Waals surface area contributed by atoms with Gasteiger partial charge in [-0.1, -0.05) is 60.7 Å². The van der Waals surface area contributed by atoms with E-state index in [1.54, 1.807) is 6.92 Å². The van der Waals surface area contributed by atoms with Gasteiger partial charge in [-0.15, -0.1) is 0 Å². The van der Waals surface area contributed by atoms with Gasteiger partial charge in [-0.25, -0.2) is 4.57 Å². The molecule has 0 fully saturated rings. The SMILES string of the molecule is [CH2]C(C)OP(=O)(OCc1ccccc1)OCc1ccccc1. The molecule has 2 aromatic carbocycles. The summed E-state index contributed by atoms with van der Waals surface area (Å²) in [5.41, 5.74) is 1.79. The van der Waals surface area contributed by atoms with E-state index in [2.05, 4.69) is 6.92 Å². The van der Waals surface area contributed by atoms with Crippen LogP contribution in [-0.2, 0) is 31.4 Å². The molecule has 0 amide bonds. The van der Waals surface area contributed by atoms with Gasteiger partial charge in [0.15, 0.2) is 0 Å². The Morgan fingerprint density at radius 1 is 0.909 bits per heavy atom. The first kappa shape index (κ1) is 16.9. The van der Waals surface area contributed by atoms with Gasteiger partial charge in [0.05, 0.1) is 19.3 Å². The van der Waals surface area contributed by atoms with E-state index in [1.807, 2.05) is 60.7 Å². The van der Waals surface area contributed by atoms with Crippen LogP contribution in [0.15, 0.2) is 60.7 Å². The molecule has 2 aromatic rings. The Bertz CT molecular complexity index is 551. The van der Waals surface area contributed by atoms with Crippen molar-refractivity contribution < 1.29 is 18.1 Å². The van der Waals surface area contributed by atoms with Gasteiger partial charge >= 0.3 is 7.82 Å². The van der Waals surface area contributed by atoms with Gasteiger partial charge in [0, 0.05) is 0 Å². The second-order valence-corrected chi connectivity index (χ2v) is 6.50. The molecule has 1 radical (unpaired) electrons. The molecular weight excluding hydrogens is 299 g/mol. The summed E-state index contributed by atoms with van der Waals surface area (Å²) in [4.78, 5) is 0. The van der Waals surface area contributed by atoms with Crippen LogP contribution in [0.25, 0.3) is 0 Å². The molecule has 0 heterocycles. The van der Waals surface area contributed by atoms with Crippen molar-refractivity contribution in [2.24, 2.45) is 0 Å². The predicted molar refractivity (Wildman–Crippen MR) is 86.0 cm³/mol. The fraction of sp³-hybridized carbons (Fsp3) is 0.235. The number of hydrogen-bond acceptors (Lipinski definition) is 4. The Hall–Kier alpha value is -1.45. The Morgan fingerprint density at radius 2 is 1.32 bits per heavy atom. The van der Waals surface area contributed by atoms with Crippen LogP contribution < -0.4 is 0 Å². The molecule has 0 aliphatic heterocycles. The van der Waals surface area contributed by atoms with Crippen molar-refractivity contribution in [2.45, 2.75) is 26.2 Å². The molecule has 2 rings (SSSR count). The molecule has 0 aromatic heterocycles. The molecular formula is C17H20O4P. The maximum atomic E-state index is 12.7. The number of phosphoric acid groups is 1. The topological polar surface area (TPSA) is 44.8 Å². The van der Waals surface area contributed by atoms with Gasteiger partial charge in [0.25, 0.3) is 0 Å². The molecule has 1 atom stereocenters. The zero-order valence-electron chi connectivity index (χ0n) is 12.6. The Kier molecular flexibility index (Phi) is 6.34. The molecule has 1 unspecified atom stereocenters. The summed E-state index contributed by atoms with van der Waals surface area (Å²) in [6, 6.07) is 18.9. The van der Waals surface area contributed by atoms with Crippen LogP contribution in [0, 0.1) is 6.92 Å². The van der Waals surface area contributed by atoms with Crippen LogP contribution in [0.1, 0.15) is 18.1 Å². The van der Waals surface area contributed by atoms with Crippen molar-refractivity contribution >= 4 is 7.82 Å². The predicted octanol–water partition coefficient (Wildman–Crippen LogP) is 4.77. The summed E-state index contributed by atoms with van der Waals surface area (Å²) in [5.74, 6) is 0. The minimum absolute atomic E-state index is 0.152. The van der Waals surface area contributed by atoms with Crippen LogP contribution in [0.2, 0.25) is 0 Å². The second-order valence-electron chi connectivity index (χ2n) is 4.88. The van der Waals surface area contributed by atoms with E-state index in [0.717, 1.165) is 11.1 Å². The zero-order valence-corrected chi connectivity index (χ0v) is 13.4. The van der Waals surface area contributed by atoms with Crippen molar-refractivity contribution in [2.75, 3.05) is 0 Å². The molecule has 0 saturated carbocycles. The summed E-state index contributed by atoms with van der Waals surface area (Å²) < 4.78 is 28.8. The van der Waals surface area contributed by atoms with E-state index in [-0.39, 0.29) is 13.2 Å². The van der Waals surface area contributed by atoms with E-state index in [1.165, 1.54) is 0 Å². The highest BCUT2D eigenvalue weighted by atomic mass is 31.2. The largest absolute Gasteiger partial charge is 0.475 e. The molecule has 0 aliphatic carbocycles. The maximum absolute atomic E-state index is 12.7. The average molecular weight is 319 g/mol. The third kappa shape index (κ3) is 5.74. The van der Waals surface area contributed by atoms with Crippen molar-refractivity contribution in [1.82, 2.24) is 0 Å². The fourth-order valence-electron chi connectivity index (χ4n) is 1.77. The van der Waals surface area contributed by atoms with Gasteiger partial charge in [0.1, 0.15) is 0 Å². The molecule has 0 spiro atoms. The first-order valence-electron chi connectivity index (χ1n) is 7.06. The maximum Gasteiger partial charge on any atom is 0.475 e. The molecule has 0 aliphatic rings. The molecule has 0 bridgehead atoms. The standard InChI is InChI=1S/C17H20O4P/c1-15(2)21-22(18,19-13-16-9-5-3-6-10-16)20-14-17-11-7-4-8-12-17/h3-12,15H,1,13-14H2,2H3. The lowest BCUT2D eigenvalue weighted by atomic mass is 10.2. The molecule has 117 valence electrons. The van der Waals surface area contributed by atoms with E-state index < -0.39 is 13.9 Å².